The van der Waals surface area contributed by atoms with E-state index in [1.54, 1.807) is 0 Å². The average Bonchev–Trinajstić information content (AvgIpc) is 2.35. The van der Waals surface area contributed by atoms with Crippen LogP contribution in [0.3, 0.4) is 0 Å². The molecule has 0 heterocycles. The summed E-state index contributed by atoms with van der Waals surface area (Å²) < 4.78 is 0. The first-order valence-electron chi connectivity index (χ1n) is 4.86. The SMILES string of the molecule is CON(OC)C(C(=O)O)c1ccccc1[N+](=O)[O-]. The van der Waals surface area contributed by atoms with E-state index in [4.69, 9.17) is 14.8 Å². The molecule has 1 unspecified atom stereocenters. The summed E-state index contributed by atoms with van der Waals surface area (Å²) in [5.41, 5.74) is -0.345. The minimum Gasteiger partial charge on any atom is -0.480 e. The molecule has 0 aliphatic rings. The molecule has 0 aromatic heterocycles. The summed E-state index contributed by atoms with van der Waals surface area (Å²) in [6.07, 6.45) is 0. The molecule has 0 aliphatic carbocycles. The van der Waals surface area contributed by atoms with Crippen LogP contribution in [0.2, 0.25) is 0 Å². The molecule has 0 saturated heterocycles. The minimum atomic E-state index is -1.43. The molecule has 1 atom stereocenters. The first-order valence-corrected chi connectivity index (χ1v) is 4.86. The van der Waals surface area contributed by atoms with E-state index in [1.807, 2.05) is 0 Å². The third-order valence-electron chi connectivity index (χ3n) is 2.23. The summed E-state index contributed by atoms with van der Waals surface area (Å²) in [6, 6.07) is 4.07. The van der Waals surface area contributed by atoms with Crippen LogP contribution >= 0.6 is 0 Å². The van der Waals surface area contributed by atoms with E-state index in [1.165, 1.54) is 38.5 Å². The number of hydroxylamine groups is 2. The first-order chi connectivity index (χ1) is 8.52. The smallest absolute Gasteiger partial charge is 0.330 e. The molecule has 98 valence electrons. The van der Waals surface area contributed by atoms with Crippen molar-refractivity contribution in [3.63, 3.8) is 0 Å². The zero-order chi connectivity index (χ0) is 13.7. The van der Waals surface area contributed by atoms with Gasteiger partial charge in [-0.05, 0) is 11.3 Å². The van der Waals surface area contributed by atoms with Crippen molar-refractivity contribution >= 4 is 11.7 Å². The van der Waals surface area contributed by atoms with Crippen molar-refractivity contribution in [3.05, 3.63) is 39.9 Å². The van der Waals surface area contributed by atoms with Gasteiger partial charge in [-0.3, -0.25) is 19.8 Å². The maximum Gasteiger partial charge on any atom is 0.330 e. The Morgan fingerprint density at radius 1 is 1.39 bits per heavy atom. The van der Waals surface area contributed by atoms with E-state index in [9.17, 15) is 14.9 Å². The number of para-hydroxylation sites is 1. The number of hydrogen-bond acceptors (Lipinski definition) is 6. The third kappa shape index (κ3) is 2.80. The highest BCUT2D eigenvalue weighted by molar-refractivity contribution is 5.77. The predicted octanol–water partition coefficient (Wildman–Crippen LogP) is 1.15. The maximum absolute atomic E-state index is 11.2. The van der Waals surface area contributed by atoms with Gasteiger partial charge < -0.3 is 5.11 Å². The van der Waals surface area contributed by atoms with Gasteiger partial charge in [0.05, 0.1) is 24.7 Å². The Balaban J connectivity index is 3.30. The summed E-state index contributed by atoms with van der Waals surface area (Å²) in [5.74, 6) is -1.33. The summed E-state index contributed by atoms with van der Waals surface area (Å²) >= 11 is 0. The summed E-state index contributed by atoms with van der Waals surface area (Å²) in [7, 11) is 2.41. The Labute approximate surface area is 102 Å². The Bertz CT molecular complexity index is 446. The predicted molar refractivity (Wildman–Crippen MR) is 59.3 cm³/mol. The van der Waals surface area contributed by atoms with Gasteiger partial charge in [-0.15, -0.1) is 0 Å². The van der Waals surface area contributed by atoms with Crippen LogP contribution in [0, 0.1) is 10.1 Å². The van der Waals surface area contributed by atoms with Gasteiger partial charge in [0.15, 0.2) is 6.04 Å². The monoisotopic (exact) mass is 256 g/mol. The number of aliphatic carboxylic acids is 1. The number of nitro groups is 1. The second kappa shape index (κ2) is 6.05. The molecule has 0 bridgehead atoms. The summed E-state index contributed by atoms with van der Waals surface area (Å²) in [4.78, 5) is 30.9. The lowest BCUT2D eigenvalue weighted by Gasteiger charge is -2.23. The molecule has 0 radical (unpaired) electrons. The molecular weight excluding hydrogens is 244 g/mol. The molecule has 1 aromatic rings. The molecular formula is C10H12N2O6. The van der Waals surface area contributed by atoms with Crippen LogP contribution in [0.15, 0.2) is 24.3 Å². The van der Waals surface area contributed by atoms with Crippen molar-refractivity contribution in [2.45, 2.75) is 6.04 Å². The van der Waals surface area contributed by atoms with Gasteiger partial charge in [-0.25, -0.2) is 4.79 Å². The van der Waals surface area contributed by atoms with Crippen molar-refractivity contribution < 1.29 is 24.5 Å². The lowest BCUT2D eigenvalue weighted by Crippen LogP contribution is -2.33. The lowest BCUT2D eigenvalue weighted by atomic mass is 10.1. The second-order valence-corrected chi connectivity index (χ2v) is 3.21. The van der Waals surface area contributed by atoms with Crippen LogP contribution in [-0.4, -0.2) is 35.4 Å². The topological polar surface area (TPSA) is 102 Å². The number of benzene rings is 1. The van der Waals surface area contributed by atoms with Gasteiger partial charge in [0.2, 0.25) is 0 Å². The van der Waals surface area contributed by atoms with Crippen LogP contribution < -0.4 is 0 Å². The average molecular weight is 256 g/mol. The lowest BCUT2D eigenvalue weighted by molar-refractivity contribution is -0.390. The van der Waals surface area contributed by atoms with Crippen LogP contribution in [0.5, 0.6) is 0 Å². The van der Waals surface area contributed by atoms with Crippen LogP contribution in [0.4, 0.5) is 5.69 Å². The number of carboxylic acids is 1. The fraction of sp³-hybridized carbons (Fsp3) is 0.300. The molecule has 0 fully saturated rings. The van der Waals surface area contributed by atoms with Crippen molar-refractivity contribution in [1.82, 2.24) is 5.23 Å². The van der Waals surface area contributed by atoms with E-state index < -0.39 is 16.9 Å². The zero-order valence-electron chi connectivity index (χ0n) is 9.77. The highest BCUT2D eigenvalue weighted by Crippen LogP contribution is 2.29. The largest absolute Gasteiger partial charge is 0.480 e. The Morgan fingerprint density at radius 2 is 1.94 bits per heavy atom. The van der Waals surface area contributed by atoms with Gasteiger partial charge >= 0.3 is 5.97 Å². The molecule has 8 nitrogen and oxygen atoms in total. The number of carbonyl (C=O) groups is 1. The number of nitro benzene ring substituents is 1. The van der Waals surface area contributed by atoms with E-state index in [-0.39, 0.29) is 11.3 Å². The van der Waals surface area contributed by atoms with Gasteiger partial charge in [-0.2, -0.15) is 0 Å². The Kier molecular flexibility index (Phi) is 4.72. The summed E-state index contributed by atoms with van der Waals surface area (Å²) in [6.45, 7) is 0. The molecule has 1 rings (SSSR count). The van der Waals surface area contributed by atoms with Crippen LogP contribution in [0.25, 0.3) is 0 Å². The Morgan fingerprint density at radius 3 is 2.39 bits per heavy atom. The summed E-state index contributed by atoms with van der Waals surface area (Å²) in [5, 5.41) is 20.7. The van der Waals surface area contributed by atoms with E-state index >= 15 is 0 Å². The minimum absolute atomic E-state index is 0.0290. The number of carboxylic acid groups (broad SMARTS) is 1. The van der Waals surface area contributed by atoms with E-state index in [0.717, 1.165) is 0 Å². The molecule has 0 spiro atoms. The van der Waals surface area contributed by atoms with Gasteiger partial charge in [0.25, 0.3) is 5.69 Å². The van der Waals surface area contributed by atoms with Gasteiger partial charge in [0.1, 0.15) is 0 Å². The van der Waals surface area contributed by atoms with Crippen LogP contribution in [-0.2, 0) is 14.5 Å². The van der Waals surface area contributed by atoms with Gasteiger partial charge in [-0.1, -0.05) is 12.1 Å². The highest BCUT2D eigenvalue weighted by Gasteiger charge is 2.34. The standard InChI is InChI=1S/C10H12N2O6/c1-17-12(18-2)9(10(13)14)7-5-3-4-6-8(7)11(15)16/h3-6,9H,1-2H3,(H,13,14). The van der Waals surface area contributed by atoms with E-state index in [0.29, 0.717) is 5.23 Å². The van der Waals surface area contributed by atoms with Gasteiger partial charge in [0, 0.05) is 6.07 Å². The van der Waals surface area contributed by atoms with Crippen molar-refractivity contribution in [1.29, 1.82) is 0 Å². The molecule has 0 amide bonds. The normalized spacial score (nSPS) is 12.4. The molecule has 1 aromatic carbocycles. The second-order valence-electron chi connectivity index (χ2n) is 3.21. The first kappa shape index (κ1) is 14.0. The zero-order valence-corrected chi connectivity index (χ0v) is 9.77. The molecule has 0 saturated carbocycles. The Hall–Kier alpha value is -2.03. The van der Waals surface area contributed by atoms with Crippen molar-refractivity contribution in [3.8, 4) is 0 Å². The highest BCUT2D eigenvalue weighted by atomic mass is 16.9. The van der Waals surface area contributed by atoms with Crippen molar-refractivity contribution in [2.24, 2.45) is 0 Å². The molecule has 8 heteroatoms. The van der Waals surface area contributed by atoms with E-state index in [2.05, 4.69) is 0 Å². The van der Waals surface area contributed by atoms with Crippen LogP contribution in [0.1, 0.15) is 11.6 Å². The molecule has 0 aliphatic heterocycles. The third-order valence-corrected chi connectivity index (χ3v) is 2.23. The number of rotatable bonds is 6. The quantitative estimate of drug-likeness (QED) is 0.601. The fourth-order valence-electron chi connectivity index (χ4n) is 1.51. The maximum atomic E-state index is 11.2. The fourth-order valence-corrected chi connectivity index (χ4v) is 1.51. The number of hydrogen-bond donors (Lipinski definition) is 1. The molecule has 18 heavy (non-hydrogen) atoms. The molecule has 1 N–H and O–H groups in total. The number of nitrogens with zero attached hydrogens (tertiary/aromatic N) is 2. The van der Waals surface area contributed by atoms with Crippen molar-refractivity contribution in [2.75, 3.05) is 14.2 Å².